The predicted molar refractivity (Wildman–Crippen MR) is 38.9 cm³/mol. The molecule has 0 spiro atoms. The van der Waals surface area contributed by atoms with Crippen LogP contribution >= 0.6 is 0 Å². The summed E-state index contributed by atoms with van der Waals surface area (Å²) >= 11 is 0. The fourth-order valence-corrected chi connectivity index (χ4v) is 0.765. The number of hydrogen-bond donors (Lipinski definition) is 0. The Balaban J connectivity index is 2.87. The minimum atomic E-state index is -0.229. The van der Waals surface area contributed by atoms with E-state index in [1.165, 1.54) is 12.1 Å². The van der Waals surface area contributed by atoms with Gasteiger partial charge in [-0.1, -0.05) is 12.1 Å². The van der Waals surface area contributed by atoms with Crippen molar-refractivity contribution in [3.63, 3.8) is 0 Å². The molecular weight excluding hydrogens is 127 g/mol. The minimum absolute atomic E-state index is 0.229. The summed E-state index contributed by atoms with van der Waals surface area (Å²) in [6.45, 7) is 0. The van der Waals surface area contributed by atoms with Crippen molar-refractivity contribution in [1.29, 1.82) is 0 Å². The third-order valence-corrected chi connectivity index (χ3v) is 1.20. The van der Waals surface area contributed by atoms with E-state index >= 15 is 0 Å². The molecule has 0 atom stereocenters. The first-order valence-corrected chi connectivity index (χ1v) is 3.01. The average Bonchev–Trinajstić information content (AvgIpc) is 1.88. The summed E-state index contributed by atoms with van der Waals surface area (Å²) in [5.41, 5.74) is 0.850. The van der Waals surface area contributed by atoms with Crippen molar-refractivity contribution >= 4 is 0 Å². The first-order chi connectivity index (χ1) is 4.83. The molecule has 0 unspecified atom stereocenters. The minimum Gasteiger partial charge on any atom is -0.207 e. The van der Waals surface area contributed by atoms with Gasteiger partial charge in [0.15, 0.2) is 0 Å². The average molecular weight is 134 g/mol. The van der Waals surface area contributed by atoms with E-state index in [9.17, 15) is 4.39 Å². The molecule has 0 radical (unpaired) electrons. The van der Waals surface area contributed by atoms with Gasteiger partial charge in [-0.15, -0.1) is 12.3 Å². The van der Waals surface area contributed by atoms with E-state index < -0.39 is 0 Å². The molecule has 0 bridgehead atoms. The molecule has 1 aromatic rings. The van der Waals surface area contributed by atoms with Crippen molar-refractivity contribution < 1.29 is 4.39 Å². The molecule has 0 saturated carbocycles. The molecule has 0 aromatic heterocycles. The second-order valence-electron chi connectivity index (χ2n) is 2.01. The summed E-state index contributed by atoms with van der Waals surface area (Å²) in [4.78, 5) is 0. The number of halogens is 1. The van der Waals surface area contributed by atoms with Gasteiger partial charge >= 0.3 is 0 Å². The summed E-state index contributed by atoms with van der Waals surface area (Å²) in [6, 6.07) is 6.31. The number of terminal acetylenes is 1. The lowest BCUT2D eigenvalue weighted by Crippen LogP contribution is -1.81. The zero-order valence-corrected chi connectivity index (χ0v) is 5.47. The van der Waals surface area contributed by atoms with Crippen LogP contribution in [0.2, 0.25) is 0 Å². The van der Waals surface area contributed by atoms with Crippen molar-refractivity contribution in [1.82, 2.24) is 0 Å². The highest BCUT2D eigenvalue weighted by molar-refractivity contribution is 5.20. The summed E-state index contributed by atoms with van der Waals surface area (Å²) in [6.07, 6.45) is 5.54. The van der Waals surface area contributed by atoms with Gasteiger partial charge in [0.25, 0.3) is 0 Å². The Morgan fingerprint density at radius 3 is 2.90 bits per heavy atom. The monoisotopic (exact) mass is 134 g/mol. The van der Waals surface area contributed by atoms with E-state index in [1.54, 1.807) is 6.07 Å². The molecule has 0 aliphatic carbocycles. The van der Waals surface area contributed by atoms with Gasteiger partial charge in [-0.25, -0.2) is 4.39 Å². The van der Waals surface area contributed by atoms with Crippen LogP contribution in [0, 0.1) is 18.2 Å². The molecule has 10 heavy (non-hydrogen) atoms. The maximum atomic E-state index is 12.4. The largest absolute Gasteiger partial charge is 0.207 e. The molecule has 0 heterocycles. The fraction of sp³-hybridized carbons (Fsp3) is 0.111. The Hall–Kier alpha value is -1.29. The maximum Gasteiger partial charge on any atom is 0.123 e. The Morgan fingerprint density at radius 1 is 1.50 bits per heavy atom. The third kappa shape index (κ3) is 1.60. The zero-order chi connectivity index (χ0) is 7.40. The molecule has 0 nitrogen and oxygen atoms in total. The van der Waals surface area contributed by atoms with Gasteiger partial charge < -0.3 is 0 Å². The lowest BCUT2D eigenvalue weighted by molar-refractivity contribution is 0.626. The highest BCUT2D eigenvalue weighted by atomic mass is 19.1. The van der Waals surface area contributed by atoms with Gasteiger partial charge in [0.05, 0.1) is 0 Å². The van der Waals surface area contributed by atoms with Gasteiger partial charge in [-0.2, -0.15) is 0 Å². The van der Waals surface area contributed by atoms with Crippen LogP contribution in [0.15, 0.2) is 24.3 Å². The van der Waals surface area contributed by atoms with Gasteiger partial charge in [0, 0.05) is 6.42 Å². The van der Waals surface area contributed by atoms with E-state index in [0.717, 1.165) is 5.56 Å². The van der Waals surface area contributed by atoms with Crippen molar-refractivity contribution in [3.05, 3.63) is 35.6 Å². The molecule has 0 aliphatic heterocycles. The van der Waals surface area contributed by atoms with Crippen molar-refractivity contribution in [3.8, 4) is 12.3 Å². The quantitative estimate of drug-likeness (QED) is 0.515. The molecule has 1 rings (SSSR count). The molecule has 50 valence electrons. The Bertz CT molecular complexity index is 258. The molecule has 0 aliphatic rings. The van der Waals surface area contributed by atoms with Crippen LogP contribution in [0.25, 0.3) is 0 Å². The van der Waals surface area contributed by atoms with Crippen LogP contribution in [-0.4, -0.2) is 0 Å². The zero-order valence-electron chi connectivity index (χ0n) is 5.47. The summed E-state index contributed by atoms with van der Waals surface area (Å²) < 4.78 is 12.4. The van der Waals surface area contributed by atoms with Crippen molar-refractivity contribution in [2.24, 2.45) is 0 Å². The smallest absolute Gasteiger partial charge is 0.123 e. The van der Waals surface area contributed by atoms with E-state index in [4.69, 9.17) is 6.42 Å². The fourth-order valence-electron chi connectivity index (χ4n) is 0.765. The lowest BCUT2D eigenvalue weighted by atomic mass is 10.2. The van der Waals surface area contributed by atoms with Crippen molar-refractivity contribution in [2.45, 2.75) is 6.42 Å². The summed E-state index contributed by atoms with van der Waals surface area (Å²) in [5.74, 6) is 2.22. The summed E-state index contributed by atoms with van der Waals surface area (Å²) in [7, 11) is 0. The highest BCUT2D eigenvalue weighted by Gasteiger charge is 1.90. The van der Waals surface area contributed by atoms with Gasteiger partial charge in [0.2, 0.25) is 0 Å². The summed E-state index contributed by atoms with van der Waals surface area (Å²) in [5, 5.41) is 0. The molecule has 1 aromatic carbocycles. The molecular formula is C9H7F. The Labute approximate surface area is 59.7 Å². The normalized spacial score (nSPS) is 8.80. The van der Waals surface area contributed by atoms with Crippen LogP contribution in [0.3, 0.4) is 0 Å². The van der Waals surface area contributed by atoms with Crippen LogP contribution in [0.5, 0.6) is 0 Å². The maximum absolute atomic E-state index is 12.4. The lowest BCUT2D eigenvalue weighted by Gasteiger charge is -1.92. The predicted octanol–water partition coefficient (Wildman–Crippen LogP) is 2.00. The van der Waals surface area contributed by atoms with Crippen LogP contribution in [0.4, 0.5) is 4.39 Å². The highest BCUT2D eigenvalue weighted by Crippen LogP contribution is 2.02. The molecule has 0 N–H and O–H groups in total. The standard InChI is InChI=1S/C9H7F/c1-2-4-8-5-3-6-9(10)7-8/h1,3,5-7H,4H2. The first kappa shape index (κ1) is 6.82. The third-order valence-electron chi connectivity index (χ3n) is 1.20. The van der Waals surface area contributed by atoms with Crippen molar-refractivity contribution in [2.75, 3.05) is 0 Å². The topological polar surface area (TPSA) is 0 Å². The number of rotatable bonds is 1. The Kier molecular flexibility index (Phi) is 2.07. The van der Waals surface area contributed by atoms with Gasteiger partial charge in [-0.3, -0.25) is 0 Å². The number of hydrogen-bond acceptors (Lipinski definition) is 0. The van der Waals surface area contributed by atoms with Gasteiger partial charge in [-0.05, 0) is 17.7 Å². The molecule has 0 fully saturated rings. The van der Waals surface area contributed by atoms with E-state index in [-0.39, 0.29) is 5.82 Å². The van der Waals surface area contributed by atoms with E-state index in [0.29, 0.717) is 6.42 Å². The second kappa shape index (κ2) is 3.03. The van der Waals surface area contributed by atoms with Gasteiger partial charge in [0.1, 0.15) is 5.82 Å². The molecule has 0 amide bonds. The second-order valence-corrected chi connectivity index (χ2v) is 2.01. The van der Waals surface area contributed by atoms with E-state index in [2.05, 4.69) is 5.92 Å². The molecule has 0 saturated heterocycles. The van der Waals surface area contributed by atoms with Crippen LogP contribution in [-0.2, 0) is 6.42 Å². The van der Waals surface area contributed by atoms with E-state index in [1.807, 2.05) is 6.07 Å². The Morgan fingerprint density at radius 2 is 2.30 bits per heavy atom. The SMILES string of the molecule is C#CCc1cccc(F)c1. The van der Waals surface area contributed by atoms with Crippen LogP contribution < -0.4 is 0 Å². The molecule has 1 heteroatoms. The van der Waals surface area contributed by atoms with Crippen LogP contribution in [0.1, 0.15) is 5.56 Å². The first-order valence-electron chi connectivity index (χ1n) is 3.01. The number of benzene rings is 1.